The van der Waals surface area contributed by atoms with Crippen molar-refractivity contribution in [2.75, 3.05) is 0 Å². The second-order valence-corrected chi connectivity index (χ2v) is 12.9. The topological polar surface area (TPSA) is 0 Å². The number of benzene rings is 3. The van der Waals surface area contributed by atoms with Crippen molar-refractivity contribution >= 4 is 0 Å². The molecule has 3 aromatic rings. The molecule has 0 aliphatic carbocycles. The van der Waals surface area contributed by atoms with E-state index in [1.807, 2.05) is 0 Å². The van der Waals surface area contributed by atoms with Gasteiger partial charge in [-0.25, -0.2) is 0 Å². The molecule has 37 heavy (non-hydrogen) atoms. The summed E-state index contributed by atoms with van der Waals surface area (Å²) in [6, 6.07) is 26.6. The van der Waals surface area contributed by atoms with Crippen molar-refractivity contribution in [1.29, 1.82) is 0 Å². The molecule has 0 nitrogen and oxygen atoms in total. The summed E-state index contributed by atoms with van der Waals surface area (Å²) in [7, 11) is 0. The molecular weight excluding hydrogens is 444 g/mol. The van der Waals surface area contributed by atoms with Crippen LogP contribution in [0.4, 0.5) is 0 Å². The first-order valence-corrected chi connectivity index (χ1v) is 14.4. The van der Waals surface area contributed by atoms with Crippen LogP contribution in [-0.2, 0) is 5.41 Å². The minimum atomic E-state index is 0.269. The van der Waals surface area contributed by atoms with Crippen molar-refractivity contribution in [3.05, 3.63) is 106 Å². The summed E-state index contributed by atoms with van der Waals surface area (Å²) in [5, 5.41) is 0. The standard InChI is InChI=1S/C13H20.2C12H18/c1-10(2)11-7-6-8-12(9-11)13(3,4)5;1-9(2)11-5-7-12(8-6-11)10(3)4;1-9(2)11-7-5-6-8-12(11)10(3)4/h6-10H,1-5H3;2*5-10H,1-4H3. The van der Waals surface area contributed by atoms with E-state index in [0.29, 0.717) is 29.6 Å². The molecule has 0 N–H and O–H groups in total. The molecule has 0 aromatic heterocycles. The van der Waals surface area contributed by atoms with E-state index in [1.165, 1.54) is 33.4 Å². The fourth-order valence-electron chi connectivity index (χ4n) is 4.19. The van der Waals surface area contributed by atoms with E-state index >= 15 is 0 Å². The molecular formula is C37H56. The van der Waals surface area contributed by atoms with Crippen molar-refractivity contribution in [2.24, 2.45) is 0 Å². The first kappa shape index (κ1) is 32.7. The third-order valence-corrected chi connectivity index (χ3v) is 6.93. The summed E-state index contributed by atoms with van der Waals surface area (Å²) in [6.07, 6.45) is 0. The highest BCUT2D eigenvalue weighted by Crippen LogP contribution is 2.26. The van der Waals surface area contributed by atoms with Crippen LogP contribution in [0.25, 0.3) is 0 Å². The summed E-state index contributed by atoms with van der Waals surface area (Å²) in [4.78, 5) is 0. The van der Waals surface area contributed by atoms with Crippen LogP contribution in [0, 0.1) is 0 Å². The minimum absolute atomic E-state index is 0.269. The van der Waals surface area contributed by atoms with Gasteiger partial charge in [-0.15, -0.1) is 0 Å². The fourth-order valence-corrected chi connectivity index (χ4v) is 4.19. The first-order valence-electron chi connectivity index (χ1n) is 14.4. The van der Waals surface area contributed by atoms with Crippen LogP contribution in [0.2, 0.25) is 0 Å². The van der Waals surface area contributed by atoms with Crippen LogP contribution in [0.5, 0.6) is 0 Å². The summed E-state index contributed by atoms with van der Waals surface area (Å²) in [5.41, 5.74) is 8.98. The molecule has 0 bridgehead atoms. The van der Waals surface area contributed by atoms with Gasteiger partial charge in [-0.3, -0.25) is 0 Å². The van der Waals surface area contributed by atoms with Crippen LogP contribution >= 0.6 is 0 Å². The van der Waals surface area contributed by atoms with E-state index in [9.17, 15) is 0 Å². The Morgan fingerprint density at radius 3 is 1.08 bits per heavy atom. The van der Waals surface area contributed by atoms with E-state index < -0.39 is 0 Å². The molecule has 0 heterocycles. The Bertz CT molecular complexity index is 970. The zero-order valence-corrected chi connectivity index (χ0v) is 26.3. The predicted molar refractivity (Wildman–Crippen MR) is 168 cm³/mol. The van der Waals surface area contributed by atoms with E-state index in [1.54, 1.807) is 0 Å². The monoisotopic (exact) mass is 500 g/mol. The second-order valence-electron chi connectivity index (χ2n) is 12.9. The number of hydrogen-bond acceptors (Lipinski definition) is 0. The van der Waals surface area contributed by atoms with E-state index in [0.717, 1.165) is 0 Å². The fraction of sp³-hybridized carbons (Fsp3) is 0.514. The van der Waals surface area contributed by atoms with Gasteiger partial charge in [0, 0.05) is 0 Å². The third-order valence-electron chi connectivity index (χ3n) is 6.93. The quantitative estimate of drug-likeness (QED) is 0.327. The van der Waals surface area contributed by atoms with Crippen molar-refractivity contribution < 1.29 is 0 Å². The van der Waals surface area contributed by atoms with Gasteiger partial charge >= 0.3 is 0 Å². The highest BCUT2D eigenvalue weighted by molar-refractivity contribution is 5.32. The molecule has 204 valence electrons. The van der Waals surface area contributed by atoms with Gasteiger partial charge in [-0.2, -0.15) is 0 Å². The Balaban J connectivity index is 0.000000278. The summed E-state index contributed by atoms with van der Waals surface area (Å²) >= 11 is 0. The zero-order valence-electron chi connectivity index (χ0n) is 26.3. The van der Waals surface area contributed by atoms with Crippen molar-refractivity contribution in [1.82, 2.24) is 0 Å². The lowest BCUT2D eigenvalue weighted by molar-refractivity contribution is 0.588. The van der Waals surface area contributed by atoms with E-state index in [2.05, 4.69) is 163 Å². The normalized spacial score (nSPS) is 11.5. The molecule has 3 rings (SSSR count). The van der Waals surface area contributed by atoms with Gasteiger partial charge in [0.15, 0.2) is 0 Å². The molecule has 0 heteroatoms. The predicted octanol–water partition coefficient (Wildman–Crippen LogP) is 12.0. The van der Waals surface area contributed by atoms with Gasteiger partial charge < -0.3 is 0 Å². The van der Waals surface area contributed by atoms with Crippen molar-refractivity contribution in [2.45, 2.75) is 125 Å². The third kappa shape index (κ3) is 11.3. The molecule has 3 aromatic carbocycles. The summed E-state index contributed by atoms with van der Waals surface area (Å²) in [6.45, 7) is 29.2. The largest absolute Gasteiger partial charge is 0.0620 e. The lowest BCUT2D eigenvalue weighted by Crippen LogP contribution is -2.11. The molecule has 0 aliphatic heterocycles. The molecule has 0 radical (unpaired) electrons. The van der Waals surface area contributed by atoms with Crippen LogP contribution < -0.4 is 0 Å². The van der Waals surface area contributed by atoms with Gasteiger partial charge in [-0.1, -0.05) is 163 Å². The van der Waals surface area contributed by atoms with Crippen molar-refractivity contribution in [3.63, 3.8) is 0 Å². The van der Waals surface area contributed by atoms with Gasteiger partial charge in [0.2, 0.25) is 0 Å². The molecule has 0 aliphatic rings. The molecule has 0 amide bonds. The van der Waals surface area contributed by atoms with Crippen LogP contribution in [0.3, 0.4) is 0 Å². The molecule has 0 atom stereocenters. The zero-order chi connectivity index (χ0) is 28.3. The Morgan fingerprint density at radius 2 is 0.784 bits per heavy atom. The minimum Gasteiger partial charge on any atom is -0.0620 e. The highest BCUT2D eigenvalue weighted by atomic mass is 14.2. The Morgan fingerprint density at radius 1 is 0.405 bits per heavy atom. The van der Waals surface area contributed by atoms with Gasteiger partial charge in [0.25, 0.3) is 0 Å². The van der Waals surface area contributed by atoms with Crippen LogP contribution in [0.15, 0.2) is 72.8 Å². The maximum Gasteiger partial charge on any atom is -0.0132 e. The Labute approximate surface area is 230 Å². The second kappa shape index (κ2) is 15.2. The maximum atomic E-state index is 2.32. The van der Waals surface area contributed by atoms with E-state index in [4.69, 9.17) is 0 Å². The molecule has 0 unspecified atom stereocenters. The average molecular weight is 501 g/mol. The van der Waals surface area contributed by atoms with Gasteiger partial charge in [0.1, 0.15) is 0 Å². The van der Waals surface area contributed by atoms with Crippen LogP contribution in [0.1, 0.15) is 153 Å². The summed E-state index contributed by atoms with van der Waals surface area (Å²) in [5.74, 6) is 3.20. The smallest absolute Gasteiger partial charge is 0.0132 e. The summed E-state index contributed by atoms with van der Waals surface area (Å²) < 4.78 is 0. The average Bonchev–Trinajstić information content (AvgIpc) is 2.84. The van der Waals surface area contributed by atoms with Gasteiger partial charge in [0.05, 0.1) is 0 Å². The van der Waals surface area contributed by atoms with Gasteiger partial charge in [-0.05, 0) is 68.4 Å². The lowest BCUT2D eigenvalue weighted by atomic mass is 9.85. The van der Waals surface area contributed by atoms with Crippen molar-refractivity contribution in [3.8, 4) is 0 Å². The number of rotatable bonds is 5. The van der Waals surface area contributed by atoms with Crippen LogP contribution in [-0.4, -0.2) is 0 Å². The number of hydrogen-bond donors (Lipinski definition) is 0. The molecule has 0 saturated carbocycles. The Hall–Kier alpha value is -2.34. The molecule has 0 saturated heterocycles. The highest BCUT2D eigenvalue weighted by Gasteiger charge is 2.14. The maximum absolute atomic E-state index is 2.32. The first-order chi connectivity index (χ1) is 17.1. The SMILES string of the molecule is CC(C)c1ccc(C(C)C)cc1.CC(C)c1cccc(C(C)(C)C)c1.CC(C)c1ccccc1C(C)C. The molecule has 0 spiro atoms. The molecule has 0 fully saturated rings. The lowest BCUT2D eigenvalue weighted by Gasteiger charge is -2.20. The Kier molecular flexibility index (Phi) is 13.4. The van der Waals surface area contributed by atoms with E-state index in [-0.39, 0.29) is 5.41 Å².